The Morgan fingerprint density at radius 1 is 1.00 bits per heavy atom. The summed E-state index contributed by atoms with van der Waals surface area (Å²) in [5.41, 5.74) is 2.24. The molecule has 1 N–H and O–H groups in total. The number of benzene rings is 1. The van der Waals surface area contributed by atoms with Crippen molar-refractivity contribution in [1.82, 2.24) is 4.90 Å². The molecule has 5 heteroatoms. The predicted molar refractivity (Wildman–Crippen MR) is 112 cm³/mol. The molecule has 2 heterocycles. The van der Waals surface area contributed by atoms with Crippen LogP contribution in [0.4, 0.5) is 11.4 Å². The number of amides is 2. The Labute approximate surface area is 168 Å². The van der Waals surface area contributed by atoms with Crippen LogP contribution in [0.2, 0.25) is 0 Å². The maximum Gasteiger partial charge on any atom is 0.313 e. The van der Waals surface area contributed by atoms with Crippen LogP contribution in [-0.2, 0) is 9.59 Å². The number of anilines is 2. The molecule has 2 aliphatic heterocycles. The number of fused-ring (bicyclic) bond motifs is 2. The third-order valence-electron chi connectivity index (χ3n) is 6.72. The minimum Gasteiger partial charge on any atom is -0.372 e. The van der Waals surface area contributed by atoms with Gasteiger partial charge in [0.1, 0.15) is 0 Å². The first kappa shape index (κ1) is 19.3. The second-order valence-corrected chi connectivity index (χ2v) is 10.2. The molecule has 0 aromatic heterocycles. The highest BCUT2D eigenvalue weighted by Crippen LogP contribution is 2.52. The fourth-order valence-electron chi connectivity index (χ4n) is 5.92. The van der Waals surface area contributed by atoms with E-state index >= 15 is 0 Å². The highest BCUT2D eigenvalue weighted by atomic mass is 16.2. The Morgan fingerprint density at radius 3 is 2.36 bits per heavy atom. The zero-order chi connectivity index (χ0) is 19.9. The maximum absolute atomic E-state index is 12.9. The topological polar surface area (TPSA) is 52.7 Å². The molecule has 152 valence electrons. The lowest BCUT2D eigenvalue weighted by Gasteiger charge is -2.39. The average Bonchev–Trinajstić information content (AvgIpc) is 2.91. The van der Waals surface area contributed by atoms with Crippen LogP contribution >= 0.6 is 0 Å². The number of carbonyl (C=O) groups excluding carboxylic acids is 2. The van der Waals surface area contributed by atoms with Crippen LogP contribution in [0.3, 0.4) is 0 Å². The van der Waals surface area contributed by atoms with Gasteiger partial charge in [0, 0.05) is 37.1 Å². The van der Waals surface area contributed by atoms with Gasteiger partial charge >= 0.3 is 11.8 Å². The molecule has 2 atom stereocenters. The first-order valence-electron chi connectivity index (χ1n) is 10.7. The standard InChI is InChI=1S/C23H33N3O2/c1-22(2)13-19-14-23(3,15-22)16-26(19)21(28)20(27)24-17-7-9-18(10-8-17)25-11-5-4-6-12-25/h7-10,19H,4-6,11-16H2,1-3H3,(H,24,27). The molecular weight excluding hydrogens is 350 g/mol. The largest absolute Gasteiger partial charge is 0.372 e. The van der Waals surface area contributed by atoms with Crippen molar-refractivity contribution < 1.29 is 9.59 Å². The number of rotatable bonds is 2. The fourth-order valence-corrected chi connectivity index (χ4v) is 5.92. The fraction of sp³-hybridized carbons (Fsp3) is 0.652. The molecule has 3 aliphatic rings. The van der Waals surface area contributed by atoms with Crippen molar-refractivity contribution in [2.24, 2.45) is 10.8 Å². The van der Waals surface area contributed by atoms with Crippen LogP contribution in [-0.4, -0.2) is 42.4 Å². The lowest BCUT2D eigenvalue weighted by molar-refractivity contribution is -0.144. The second kappa shape index (κ2) is 7.09. The van der Waals surface area contributed by atoms with E-state index in [2.05, 4.69) is 31.0 Å². The van der Waals surface area contributed by atoms with Gasteiger partial charge in [0.05, 0.1) is 0 Å². The van der Waals surface area contributed by atoms with Crippen LogP contribution in [0.15, 0.2) is 24.3 Å². The quantitative estimate of drug-likeness (QED) is 0.784. The number of hydrogen-bond donors (Lipinski definition) is 1. The Bertz CT molecular complexity index is 752. The molecule has 28 heavy (non-hydrogen) atoms. The summed E-state index contributed by atoms with van der Waals surface area (Å²) >= 11 is 0. The van der Waals surface area contributed by atoms with Crippen molar-refractivity contribution in [3.05, 3.63) is 24.3 Å². The Morgan fingerprint density at radius 2 is 1.68 bits per heavy atom. The van der Waals surface area contributed by atoms with Crippen molar-refractivity contribution in [2.45, 2.75) is 65.3 Å². The van der Waals surface area contributed by atoms with Crippen LogP contribution in [0.25, 0.3) is 0 Å². The minimum atomic E-state index is -0.514. The highest BCUT2D eigenvalue weighted by molar-refractivity contribution is 6.39. The van der Waals surface area contributed by atoms with Gasteiger partial charge in [0.25, 0.3) is 0 Å². The monoisotopic (exact) mass is 383 g/mol. The van der Waals surface area contributed by atoms with Gasteiger partial charge in [-0.2, -0.15) is 0 Å². The lowest BCUT2D eigenvalue weighted by atomic mass is 9.65. The Kier molecular flexibility index (Phi) is 4.88. The summed E-state index contributed by atoms with van der Waals surface area (Å²) in [5, 5.41) is 2.81. The van der Waals surface area contributed by atoms with Gasteiger partial charge in [-0.3, -0.25) is 9.59 Å². The molecule has 1 aromatic carbocycles. The number of carbonyl (C=O) groups is 2. The van der Waals surface area contributed by atoms with E-state index in [9.17, 15) is 9.59 Å². The smallest absolute Gasteiger partial charge is 0.313 e. The van der Waals surface area contributed by atoms with E-state index < -0.39 is 5.91 Å². The third kappa shape index (κ3) is 3.89. The molecule has 1 aliphatic carbocycles. The maximum atomic E-state index is 12.9. The zero-order valence-corrected chi connectivity index (χ0v) is 17.5. The van der Waals surface area contributed by atoms with Crippen molar-refractivity contribution >= 4 is 23.2 Å². The van der Waals surface area contributed by atoms with E-state index in [4.69, 9.17) is 0 Å². The molecule has 2 amide bonds. The van der Waals surface area contributed by atoms with E-state index in [1.165, 1.54) is 24.9 Å². The number of hydrogen-bond acceptors (Lipinski definition) is 3. The summed E-state index contributed by atoms with van der Waals surface area (Å²) < 4.78 is 0. The van der Waals surface area contributed by atoms with Gasteiger partial charge in [-0.05, 0) is 73.6 Å². The summed E-state index contributed by atoms with van der Waals surface area (Å²) in [7, 11) is 0. The predicted octanol–water partition coefficient (Wildman–Crippen LogP) is 4.04. The number of nitrogens with zero attached hydrogens (tertiary/aromatic N) is 2. The third-order valence-corrected chi connectivity index (χ3v) is 6.72. The van der Waals surface area contributed by atoms with Crippen molar-refractivity contribution in [3.8, 4) is 0 Å². The SMILES string of the molecule is CC1(C)CC2CC(C)(CN2C(=O)C(=O)Nc2ccc(N3CCCCC3)cc2)C1. The van der Waals surface area contributed by atoms with E-state index in [-0.39, 0.29) is 22.8 Å². The molecule has 0 radical (unpaired) electrons. The Balaban J connectivity index is 1.39. The number of piperidine rings is 1. The van der Waals surface area contributed by atoms with Gasteiger partial charge in [-0.25, -0.2) is 0 Å². The molecule has 2 unspecified atom stereocenters. The van der Waals surface area contributed by atoms with Crippen LogP contribution < -0.4 is 10.2 Å². The van der Waals surface area contributed by atoms with E-state index in [1.807, 2.05) is 29.2 Å². The lowest BCUT2D eigenvalue weighted by Crippen LogP contribution is -2.43. The van der Waals surface area contributed by atoms with E-state index in [1.54, 1.807) is 0 Å². The molecular formula is C23H33N3O2. The molecule has 2 bridgehead atoms. The van der Waals surface area contributed by atoms with E-state index in [0.29, 0.717) is 12.2 Å². The van der Waals surface area contributed by atoms with Gasteiger partial charge < -0.3 is 15.1 Å². The van der Waals surface area contributed by atoms with Crippen molar-refractivity contribution in [3.63, 3.8) is 0 Å². The first-order valence-corrected chi connectivity index (χ1v) is 10.7. The van der Waals surface area contributed by atoms with Gasteiger partial charge in [0.2, 0.25) is 0 Å². The van der Waals surface area contributed by atoms with Crippen molar-refractivity contribution in [1.29, 1.82) is 0 Å². The summed E-state index contributed by atoms with van der Waals surface area (Å²) in [6.45, 7) is 9.68. The molecule has 0 spiro atoms. The zero-order valence-electron chi connectivity index (χ0n) is 17.5. The molecule has 2 saturated heterocycles. The Hall–Kier alpha value is -2.04. The average molecular weight is 384 g/mol. The summed E-state index contributed by atoms with van der Waals surface area (Å²) in [6.07, 6.45) is 6.88. The normalized spacial score (nSPS) is 28.9. The molecule has 1 aromatic rings. The summed E-state index contributed by atoms with van der Waals surface area (Å²) in [5.74, 6) is -0.897. The molecule has 4 rings (SSSR count). The second-order valence-electron chi connectivity index (χ2n) is 10.2. The molecule has 1 saturated carbocycles. The van der Waals surface area contributed by atoms with Crippen molar-refractivity contribution in [2.75, 3.05) is 29.9 Å². The number of nitrogens with one attached hydrogen (secondary N) is 1. The van der Waals surface area contributed by atoms with E-state index in [0.717, 1.165) is 32.4 Å². The van der Waals surface area contributed by atoms with Gasteiger partial charge in [-0.1, -0.05) is 20.8 Å². The van der Waals surface area contributed by atoms with Gasteiger partial charge in [0.15, 0.2) is 0 Å². The summed E-state index contributed by atoms with van der Waals surface area (Å²) in [4.78, 5) is 29.7. The van der Waals surface area contributed by atoms with Crippen LogP contribution in [0.1, 0.15) is 59.3 Å². The summed E-state index contributed by atoms with van der Waals surface area (Å²) in [6, 6.07) is 8.08. The molecule has 5 nitrogen and oxygen atoms in total. The molecule has 3 fully saturated rings. The highest BCUT2D eigenvalue weighted by Gasteiger charge is 2.51. The first-order chi connectivity index (χ1) is 13.2. The van der Waals surface area contributed by atoms with Gasteiger partial charge in [-0.15, -0.1) is 0 Å². The number of likely N-dealkylation sites (tertiary alicyclic amines) is 1. The van der Waals surface area contributed by atoms with Crippen LogP contribution in [0.5, 0.6) is 0 Å². The minimum absolute atomic E-state index is 0.137. The van der Waals surface area contributed by atoms with Crippen LogP contribution in [0, 0.1) is 10.8 Å².